The van der Waals surface area contributed by atoms with Crippen molar-refractivity contribution in [3.63, 3.8) is 0 Å². The number of rotatable bonds is 5. The third kappa shape index (κ3) is 3.16. The summed E-state index contributed by atoms with van der Waals surface area (Å²) in [5.74, 6) is 0. The Balaban J connectivity index is 1.52. The average Bonchev–Trinajstić information content (AvgIpc) is 3.33. The molecule has 0 N–H and O–H groups in total. The molecule has 4 aromatic carbocycles. The topological polar surface area (TPSA) is 0 Å². The molecule has 2 aromatic heterocycles. The number of benzene rings is 4. The van der Waals surface area contributed by atoms with Crippen LogP contribution in [-0.4, -0.2) is 0 Å². The summed E-state index contributed by atoms with van der Waals surface area (Å²) in [7, 11) is 0. The molecule has 0 spiro atoms. The maximum absolute atomic E-state index is 2.44. The van der Waals surface area contributed by atoms with Crippen molar-refractivity contribution < 1.29 is 0 Å². The van der Waals surface area contributed by atoms with Gasteiger partial charge in [-0.1, -0.05) is 74.7 Å². The van der Waals surface area contributed by atoms with Gasteiger partial charge in [-0.15, -0.1) is 22.7 Å². The summed E-state index contributed by atoms with van der Waals surface area (Å²) in [6, 6.07) is 23.4. The first-order valence-corrected chi connectivity index (χ1v) is 13.1. The van der Waals surface area contributed by atoms with E-state index in [1.165, 1.54) is 94.3 Å². The minimum Gasteiger partial charge on any atom is -0.135 e. The third-order valence-corrected chi connectivity index (χ3v) is 9.01. The fourth-order valence-corrected chi connectivity index (χ4v) is 7.56. The molecule has 0 nitrogen and oxygen atoms in total. The Labute approximate surface area is 191 Å². The number of hydrogen-bond acceptors (Lipinski definition) is 2. The fraction of sp³-hybridized carbons (Fsp3) is 0.241. The highest BCUT2D eigenvalue weighted by molar-refractivity contribution is 7.28. The second kappa shape index (κ2) is 7.62. The van der Waals surface area contributed by atoms with E-state index in [2.05, 4.69) is 74.5 Å². The Morgan fingerprint density at radius 1 is 0.581 bits per heavy atom. The van der Waals surface area contributed by atoms with Crippen LogP contribution in [0.1, 0.15) is 43.7 Å². The molecular weight excluding hydrogens is 412 g/mol. The van der Waals surface area contributed by atoms with Gasteiger partial charge >= 0.3 is 0 Å². The molecule has 0 bridgehead atoms. The van der Waals surface area contributed by atoms with E-state index in [4.69, 9.17) is 0 Å². The zero-order valence-corrected chi connectivity index (χ0v) is 19.8. The highest BCUT2D eigenvalue weighted by atomic mass is 32.1. The summed E-state index contributed by atoms with van der Waals surface area (Å²) in [6.07, 6.45) is 6.50. The summed E-state index contributed by atoms with van der Waals surface area (Å²) in [5, 5.41) is 8.39. The zero-order valence-electron chi connectivity index (χ0n) is 18.1. The van der Waals surface area contributed by atoms with E-state index in [1.54, 1.807) is 0 Å². The lowest BCUT2D eigenvalue weighted by atomic mass is 10.0. The zero-order chi connectivity index (χ0) is 20.9. The summed E-state index contributed by atoms with van der Waals surface area (Å²) < 4.78 is 5.69. The van der Waals surface area contributed by atoms with Crippen molar-refractivity contribution in [2.75, 3.05) is 0 Å². The van der Waals surface area contributed by atoms with Crippen molar-refractivity contribution in [3.05, 3.63) is 71.8 Å². The first-order valence-electron chi connectivity index (χ1n) is 11.4. The van der Waals surface area contributed by atoms with Crippen molar-refractivity contribution in [2.45, 2.75) is 46.0 Å². The minimum atomic E-state index is 1.20. The van der Waals surface area contributed by atoms with Crippen LogP contribution in [0.25, 0.3) is 51.1 Å². The molecule has 0 amide bonds. The van der Waals surface area contributed by atoms with Gasteiger partial charge in [-0.2, -0.15) is 0 Å². The predicted octanol–water partition coefficient (Wildman–Crippen LogP) is 10.0. The van der Waals surface area contributed by atoms with Crippen molar-refractivity contribution in [2.24, 2.45) is 0 Å². The van der Waals surface area contributed by atoms with Gasteiger partial charge in [0, 0.05) is 51.1 Å². The predicted molar refractivity (Wildman–Crippen MR) is 142 cm³/mol. The van der Waals surface area contributed by atoms with E-state index in [9.17, 15) is 0 Å². The van der Waals surface area contributed by atoms with Gasteiger partial charge in [0.2, 0.25) is 0 Å². The molecule has 31 heavy (non-hydrogen) atoms. The Morgan fingerprint density at radius 3 is 1.77 bits per heavy atom. The van der Waals surface area contributed by atoms with Crippen molar-refractivity contribution >= 4 is 73.8 Å². The van der Waals surface area contributed by atoms with Gasteiger partial charge in [-0.05, 0) is 43.0 Å². The van der Waals surface area contributed by atoms with Gasteiger partial charge in [0.25, 0.3) is 0 Å². The van der Waals surface area contributed by atoms with Crippen LogP contribution >= 0.6 is 22.7 Å². The van der Waals surface area contributed by atoms with E-state index in [1.807, 2.05) is 22.7 Å². The smallest absolute Gasteiger partial charge is 0.0434 e. The second-order valence-corrected chi connectivity index (χ2v) is 10.9. The van der Waals surface area contributed by atoms with Crippen molar-refractivity contribution in [3.8, 4) is 0 Å². The Bertz CT molecular complexity index is 1580. The van der Waals surface area contributed by atoms with Crippen LogP contribution in [0.3, 0.4) is 0 Å². The summed E-state index contributed by atoms with van der Waals surface area (Å²) >= 11 is 3.91. The van der Waals surface area contributed by atoms with Crippen molar-refractivity contribution in [1.29, 1.82) is 0 Å². The fourth-order valence-electron chi connectivity index (χ4n) is 4.94. The first kappa shape index (κ1) is 19.3. The number of hydrogen-bond donors (Lipinski definition) is 0. The van der Waals surface area contributed by atoms with Gasteiger partial charge in [-0.25, -0.2) is 0 Å². The third-order valence-electron chi connectivity index (χ3n) is 6.61. The van der Waals surface area contributed by atoms with Gasteiger partial charge in [0.15, 0.2) is 0 Å². The number of unbranched alkanes of at least 4 members (excludes halogenated alkanes) is 3. The quantitative estimate of drug-likeness (QED) is 0.235. The van der Waals surface area contributed by atoms with E-state index in [0.717, 1.165) is 0 Å². The van der Waals surface area contributed by atoms with Crippen LogP contribution in [0, 0.1) is 6.92 Å². The van der Waals surface area contributed by atoms with Gasteiger partial charge in [-0.3, -0.25) is 0 Å². The Kier molecular flexibility index (Phi) is 4.74. The number of thiophene rings is 2. The van der Waals surface area contributed by atoms with Crippen LogP contribution in [0.2, 0.25) is 0 Å². The van der Waals surface area contributed by atoms with E-state index in [-0.39, 0.29) is 0 Å². The van der Waals surface area contributed by atoms with Crippen LogP contribution in [0.4, 0.5) is 0 Å². The molecule has 0 aliphatic carbocycles. The summed E-state index contributed by atoms with van der Waals surface area (Å²) in [5.41, 5.74) is 2.82. The molecule has 0 aliphatic heterocycles. The molecule has 0 atom stereocenters. The molecule has 6 aromatic rings. The van der Waals surface area contributed by atoms with Crippen molar-refractivity contribution in [1.82, 2.24) is 0 Å². The van der Waals surface area contributed by atoms with Gasteiger partial charge < -0.3 is 0 Å². The van der Waals surface area contributed by atoms with E-state index in [0.29, 0.717) is 0 Å². The molecule has 0 radical (unpaired) electrons. The maximum atomic E-state index is 2.44. The van der Waals surface area contributed by atoms with E-state index < -0.39 is 0 Å². The van der Waals surface area contributed by atoms with Gasteiger partial charge in [0.05, 0.1) is 0 Å². The van der Waals surface area contributed by atoms with Crippen LogP contribution in [0.5, 0.6) is 0 Å². The van der Waals surface area contributed by atoms with Crippen LogP contribution in [0.15, 0.2) is 60.7 Å². The number of fused-ring (bicyclic) bond motifs is 9. The normalized spacial score (nSPS) is 12.2. The molecule has 0 saturated heterocycles. The maximum Gasteiger partial charge on any atom is 0.0434 e. The standard InChI is InChI=1S/C29H26S2/c1-3-4-5-6-7-19-9-11-21-23-13-15-24-25(29(23)31-27(21)17-19)14-12-22-20-10-8-18(2)16-26(20)30-28(22)24/h8-17H,3-7H2,1-2H3. The monoisotopic (exact) mass is 438 g/mol. The Morgan fingerprint density at radius 2 is 1.13 bits per heavy atom. The lowest BCUT2D eigenvalue weighted by Gasteiger charge is -2.02. The largest absolute Gasteiger partial charge is 0.135 e. The minimum absolute atomic E-state index is 1.20. The molecule has 0 aliphatic rings. The SMILES string of the molecule is CCCCCCc1ccc2c(c1)sc1c2ccc2c1ccc1c3ccc(C)cc3sc12. The second-order valence-electron chi connectivity index (χ2n) is 8.82. The highest BCUT2D eigenvalue weighted by Crippen LogP contribution is 2.44. The van der Waals surface area contributed by atoms with E-state index >= 15 is 0 Å². The summed E-state index contributed by atoms with van der Waals surface area (Å²) in [4.78, 5) is 0. The van der Waals surface area contributed by atoms with Crippen LogP contribution < -0.4 is 0 Å². The van der Waals surface area contributed by atoms with Gasteiger partial charge in [0.1, 0.15) is 0 Å². The molecule has 6 rings (SSSR count). The molecule has 2 heteroatoms. The Hall–Kier alpha value is -2.42. The molecular formula is C29H26S2. The van der Waals surface area contributed by atoms with Crippen LogP contribution in [-0.2, 0) is 6.42 Å². The lowest BCUT2D eigenvalue weighted by molar-refractivity contribution is 0.667. The average molecular weight is 439 g/mol. The summed E-state index contributed by atoms with van der Waals surface area (Å²) in [6.45, 7) is 4.46. The molecule has 0 fully saturated rings. The highest BCUT2D eigenvalue weighted by Gasteiger charge is 2.13. The molecule has 2 heterocycles. The lowest BCUT2D eigenvalue weighted by Crippen LogP contribution is -1.85. The first-order chi connectivity index (χ1) is 15.2. The molecule has 154 valence electrons. The molecule has 0 saturated carbocycles. The molecule has 0 unspecified atom stereocenters. The number of aryl methyl sites for hydroxylation is 2.